The summed E-state index contributed by atoms with van der Waals surface area (Å²) in [5.41, 5.74) is 0. The number of hydrogen-bond acceptors (Lipinski definition) is 3. The highest BCUT2D eigenvalue weighted by atomic mass is 16.5. The molecule has 1 atom stereocenters. The van der Waals surface area contributed by atoms with Gasteiger partial charge in [-0.05, 0) is 32.1 Å². The molecule has 0 aromatic heterocycles. The van der Waals surface area contributed by atoms with E-state index < -0.39 is 0 Å². The van der Waals surface area contributed by atoms with Gasteiger partial charge in [-0.3, -0.25) is 4.79 Å². The van der Waals surface area contributed by atoms with E-state index in [1.807, 2.05) is 0 Å². The summed E-state index contributed by atoms with van der Waals surface area (Å²) in [4.78, 5) is 22.6. The average Bonchev–Trinajstić information content (AvgIpc) is 2.66. The van der Waals surface area contributed by atoms with Crippen LogP contribution in [0.4, 0.5) is 0 Å². The van der Waals surface area contributed by atoms with Crippen molar-refractivity contribution in [2.75, 3.05) is 0 Å². The summed E-state index contributed by atoms with van der Waals surface area (Å²) < 4.78 is 5.37. The summed E-state index contributed by atoms with van der Waals surface area (Å²) in [6.45, 7) is 0. The molecule has 2 aliphatic rings. The number of nitrogens with one attached hydrogen (secondary N) is 1. The van der Waals surface area contributed by atoms with Crippen LogP contribution in [0.3, 0.4) is 0 Å². The van der Waals surface area contributed by atoms with E-state index in [1.54, 1.807) is 0 Å². The van der Waals surface area contributed by atoms with Gasteiger partial charge in [0.05, 0.1) is 0 Å². The lowest BCUT2D eigenvalue weighted by atomic mass is 9.98. The van der Waals surface area contributed by atoms with Crippen LogP contribution in [-0.4, -0.2) is 24.0 Å². The highest BCUT2D eigenvalue weighted by Crippen LogP contribution is 2.21. The quantitative estimate of drug-likeness (QED) is 0.697. The molecule has 4 heteroatoms. The molecule has 4 nitrogen and oxygen atoms in total. The van der Waals surface area contributed by atoms with Crippen molar-refractivity contribution in [1.82, 2.24) is 5.32 Å². The van der Waals surface area contributed by atoms with Gasteiger partial charge in [-0.25, -0.2) is 4.79 Å². The molecular formula is C11H17NO3. The van der Waals surface area contributed by atoms with Crippen molar-refractivity contribution in [2.45, 2.75) is 57.1 Å². The normalized spacial score (nSPS) is 27.5. The van der Waals surface area contributed by atoms with Gasteiger partial charge in [0.1, 0.15) is 12.1 Å². The van der Waals surface area contributed by atoms with Crippen LogP contribution in [0.2, 0.25) is 0 Å². The summed E-state index contributed by atoms with van der Waals surface area (Å²) >= 11 is 0. The Hall–Kier alpha value is -1.06. The van der Waals surface area contributed by atoms with Crippen molar-refractivity contribution in [3.63, 3.8) is 0 Å². The van der Waals surface area contributed by atoms with E-state index in [4.69, 9.17) is 4.74 Å². The molecule has 1 amide bonds. The lowest BCUT2D eigenvalue weighted by Gasteiger charge is -2.23. The van der Waals surface area contributed by atoms with Gasteiger partial charge in [-0.1, -0.05) is 6.42 Å². The van der Waals surface area contributed by atoms with Crippen molar-refractivity contribution < 1.29 is 14.3 Å². The number of esters is 1. The lowest BCUT2D eigenvalue weighted by Crippen LogP contribution is -2.37. The largest absolute Gasteiger partial charge is 0.461 e. The second-order valence-electron chi connectivity index (χ2n) is 4.36. The smallest absolute Gasteiger partial charge is 0.328 e. The van der Waals surface area contributed by atoms with Gasteiger partial charge >= 0.3 is 5.97 Å². The Labute approximate surface area is 89.4 Å². The molecule has 0 aromatic rings. The number of carbonyl (C=O) groups is 2. The van der Waals surface area contributed by atoms with Gasteiger partial charge in [0, 0.05) is 6.42 Å². The molecule has 0 aromatic carbocycles. The highest BCUT2D eigenvalue weighted by molar-refractivity contribution is 5.88. The maximum Gasteiger partial charge on any atom is 0.328 e. The van der Waals surface area contributed by atoms with Crippen LogP contribution >= 0.6 is 0 Å². The maximum atomic E-state index is 11.6. The molecule has 0 radical (unpaired) electrons. The Bertz CT molecular complexity index is 259. The Morgan fingerprint density at radius 3 is 2.53 bits per heavy atom. The molecule has 1 heterocycles. The van der Waals surface area contributed by atoms with E-state index in [-0.39, 0.29) is 24.0 Å². The van der Waals surface area contributed by atoms with Gasteiger partial charge < -0.3 is 10.1 Å². The molecule has 1 saturated heterocycles. The first kappa shape index (κ1) is 10.5. The molecule has 2 fully saturated rings. The van der Waals surface area contributed by atoms with Crippen molar-refractivity contribution in [3.8, 4) is 0 Å². The Morgan fingerprint density at radius 1 is 1.20 bits per heavy atom. The number of amides is 1. The highest BCUT2D eigenvalue weighted by Gasteiger charge is 2.30. The zero-order valence-electron chi connectivity index (χ0n) is 8.83. The van der Waals surface area contributed by atoms with Gasteiger partial charge in [-0.2, -0.15) is 0 Å². The average molecular weight is 211 g/mol. The minimum Gasteiger partial charge on any atom is -0.461 e. The first-order chi connectivity index (χ1) is 7.25. The van der Waals surface area contributed by atoms with E-state index in [0.717, 1.165) is 25.7 Å². The molecule has 1 aliphatic carbocycles. The first-order valence-electron chi connectivity index (χ1n) is 5.75. The maximum absolute atomic E-state index is 11.6. The van der Waals surface area contributed by atoms with Crippen LogP contribution in [0.25, 0.3) is 0 Å². The molecule has 2 rings (SSSR count). The zero-order chi connectivity index (χ0) is 10.7. The Balaban J connectivity index is 1.78. The predicted octanol–water partition coefficient (Wildman–Crippen LogP) is 1.14. The van der Waals surface area contributed by atoms with Crippen molar-refractivity contribution in [3.05, 3.63) is 0 Å². The fraction of sp³-hybridized carbons (Fsp3) is 0.818. The summed E-state index contributed by atoms with van der Waals surface area (Å²) in [7, 11) is 0. The Kier molecular flexibility index (Phi) is 3.23. The van der Waals surface area contributed by atoms with Crippen molar-refractivity contribution in [2.24, 2.45) is 0 Å². The third kappa shape index (κ3) is 2.70. The molecule has 0 spiro atoms. The van der Waals surface area contributed by atoms with Crippen LogP contribution in [0, 0.1) is 0 Å². The molecule has 84 valence electrons. The van der Waals surface area contributed by atoms with Gasteiger partial charge in [-0.15, -0.1) is 0 Å². The minimum absolute atomic E-state index is 0.0411. The van der Waals surface area contributed by atoms with Crippen LogP contribution in [0.15, 0.2) is 0 Å². The minimum atomic E-state index is -0.389. The molecule has 0 bridgehead atoms. The summed E-state index contributed by atoms with van der Waals surface area (Å²) in [5.74, 6) is -0.284. The molecular weight excluding hydrogens is 194 g/mol. The second kappa shape index (κ2) is 4.64. The van der Waals surface area contributed by atoms with E-state index in [0.29, 0.717) is 12.8 Å². The SMILES string of the molecule is O=C1CCC(C(=O)OC2CCCCC2)N1. The fourth-order valence-electron chi connectivity index (χ4n) is 2.22. The summed E-state index contributed by atoms with van der Waals surface area (Å²) in [6.07, 6.45) is 6.62. The Morgan fingerprint density at radius 2 is 1.93 bits per heavy atom. The molecule has 1 saturated carbocycles. The predicted molar refractivity (Wildman–Crippen MR) is 54.1 cm³/mol. The number of carbonyl (C=O) groups excluding carboxylic acids is 2. The third-order valence-electron chi connectivity index (χ3n) is 3.11. The standard InChI is InChI=1S/C11H17NO3/c13-10-7-6-9(12-10)11(14)15-8-4-2-1-3-5-8/h8-9H,1-7H2,(H,12,13). The van der Waals surface area contributed by atoms with E-state index in [9.17, 15) is 9.59 Å². The van der Waals surface area contributed by atoms with Crippen molar-refractivity contribution >= 4 is 11.9 Å². The lowest BCUT2D eigenvalue weighted by molar-refractivity contribution is -0.153. The van der Waals surface area contributed by atoms with Gasteiger partial charge in [0.2, 0.25) is 5.91 Å². The number of ether oxygens (including phenoxy) is 1. The molecule has 1 N–H and O–H groups in total. The fourth-order valence-corrected chi connectivity index (χ4v) is 2.22. The molecule has 1 aliphatic heterocycles. The second-order valence-corrected chi connectivity index (χ2v) is 4.36. The van der Waals surface area contributed by atoms with Crippen LogP contribution < -0.4 is 5.32 Å². The van der Waals surface area contributed by atoms with Gasteiger partial charge in [0.15, 0.2) is 0 Å². The number of rotatable bonds is 2. The number of hydrogen-bond donors (Lipinski definition) is 1. The summed E-state index contributed by atoms with van der Waals surface area (Å²) in [6, 6.07) is -0.389. The van der Waals surface area contributed by atoms with Crippen LogP contribution in [-0.2, 0) is 14.3 Å². The van der Waals surface area contributed by atoms with E-state index >= 15 is 0 Å². The zero-order valence-corrected chi connectivity index (χ0v) is 8.83. The van der Waals surface area contributed by atoms with Crippen LogP contribution in [0.1, 0.15) is 44.9 Å². The molecule has 15 heavy (non-hydrogen) atoms. The third-order valence-corrected chi connectivity index (χ3v) is 3.11. The van der Waals surface area contributed by atoms with Crippen molar-refractivity contribution in [1.29, 1.82) is 0 Å². The van der Waals surface area contributed by atoms with E-state index in [2.05, 4.69) is 5.32 Å². The van der Waals surface area contributed by atoms with Crippen LogP contribution in [0.5, 0.6) is 0 Å². The van der Waals surface area contributed by atoms with Gasteiger partial charge in [0.25, 0.3) is 0 Å². The molecule has 1 unspecified atom stereocenters. The first-order valence-corrected chi connectivity index (χ1v) is 5.75. The summed E-state index contributed by atoms with van der Waals surface area (Å²) in [5, 5.41) is 2.63. The van der Waals surface area contributed by atoms with E-state index in [1.165, 1.54) is 6.42 Å². The monoisotopic (exact) mass is 211 g/mol. The topological polar surface area (TPSA) is 55.4 Å².